The molecule has 12 heteroatoms. The quantitative estimate of drug-likeness (QED) is 0.124. The van der Waals surface area contributed by atoms with Crippen LogP contribution in [0.3, 0.4) is 0 Å². The van der Waals surface area contributed by atoms with Gasteiger partial charge in [-0.3, -0.25) is 4.79 Å². The SMILES string of the molecule is CCCCO[C@@H]1[C@@H](OCCCC)[C@](OC)(c2ccc(Cl)c(Cc3ccc(OC(F)(F)F)cc3)c2)O[C@](C=O)(CO)[C@H]1OCCCC. The molecule has 0 bridgehead atoms. The van der Waals surface area contributed by atoms with Gasteiger partial charge in [-0.15, -0.1) is 13.2 Å². The first-order valence-corrected chi connectivity index (χ1v) is 16.2. The van der Waals surface area contributed by atoms with Crippen molar-refractivity contribution in [1.29, 1.82) is 0 Å². The van der Waals surface area contributed by atoms with Crippen molar-refractivity contribution in [1.82, 2.24) is 0 Å². The van der Waals surface area contributed by atoms with Gasteiger partial charge in [0.1, 0.15) is 24.1 Å². The van der Waals surface area contributed by atoms with Crippen LogP contribution in [0.15, 0.2) is 42.5 Å². The highest BCUT2D eigenvalue weighted by Gasteiger charge is 2.64. The Morgan fingerprint density at radius 3 is 2.02 bits per heavy atom. The van der Waals surface area contributed by atoms with Gasteiger partial charge in [0, 0.05) is 37.5 Å². The molecule has 0 radical (unpaired) electrons. The van der Waals surface area contributed by atoms with Gasteiger partial charge in [0.2, 0.25) is 5.79 Å². The molecule has 1 aliphatic heterocycles. The Morgan fingerprint density at radius 1 is 0.913 bits per heavy atom. The summed E-state index contributed by atoms with van der Waals surface area (Å²) in [6, 6.07) is 10.6. The molecule has 0 amide bonds. The van der Waals surface area contributed by atoms with Crippen LogP contribution in [-0.2, 0) is 40.7 Å². The Hall–Kier alpha value is -2.25. The highest BCUT2D eigenvalue weighted by molar-refractivity contribution is 6.31. The van der Waals surface area contributed by atoms with Crippen molar-refractivity contribution in [3.05, 3.63) is 64.2 Å². The molecule has 5 atom stereocenters. The van der Waals surface area contributed by atoms with Crippen molar-refractivity contribution in [3.63, 3.8) is 0 Å². The maximum absolute atomic E-state index is 12.9. The van der Waals surface area contributed by atoms with E-state index >= 15 is 0 Å². The Balaban J connectivity index is 2.12. The van der Waals surface area contributed by atoms with E-state index in [1.807, 2.05) is 20.8 Å². The number of unbranched alkanes of at least 4 members (excludes halogenated alkanes) is 3. The predicted octanol–water partition coefficient (Wildman–Crippen LogP) is 7.14. The van der Waals surface area contributed by atoms with Gasteiger partial charge in [-0.05, 0) is 61.1 Å². The lowest BCUT2D eigenvalue weighted by molar-refractivity contribution is -0.398. The molecule has 258 valence electrons. The maximum Gasteiger partial charge on any atom is 0.573 e. The predicted molar refractivity (Wildman–Crippen MR) is 167 cm³/mol. The van der Waals surface area contributed by atoms with E-state index in [9.17, 15) is 23.1 Å². The third-order valence-electron chi connectivity index (χ3n) is 7.94. The van der Waals surface area contributed by atoms with E-state index < -0.39 is 42.7 Å². The van der Waals surface area contributed by atoms with E-state index in [4.69, 9.17) is 35.3 Å². The fourth-order valence-electron chi connectivity index (χ4n) is 5.45. The molecule has 1 heterocycles. The summed E-state index contributed by atoms with van der Waals surface area (Å²) in [5.41, 5.74) is -0.132. The number of rotatable bonds is 19. The van der Waals surface area contributed by atoms with Crippen LogP contribution in [0.25, 0.3) is 0 Å². The first-order chi connectivity index (χ1) is 22.0. The van der Waals surface area contributed by atoms with Gasteiger partial charge in [0.15, 0.2) is 11.9 Å². The van der Waals surface area contributed by atoms with Crippen LogP contribution in [0.2, 0.25) is 5.02 Å². The van der Waals surface area contributed by atoms with E-state index in [1.165, 1.54) is 31.4 Å². The monoisotopic (exact) mass is 674 g/mol. The second-order valence-corrected chi connectivity index (χ2v) is 11.8. The van der Waals surface area contributed by atoms with Crippen LogP contribution in [-0.4, -0.2) is 75.2 Å². The van der Waals surface area contributed by atoms with E-state index in [-0.39, 0.29) is 12.2 Å². The molecule has 0 unspecified atom stereocenters. The second-order valence-electron chi connectivity index (χ2n) is 11.4. The van der Waals surface area contributed by atoms with E-state index in [0.29, 0.717) is 47.8 Å². The molecule has 2 aromatic carbocycles. The lowest BCUT2D eigenvalue weighted by Gasteiger charge is -2.55. The molecule has 2 aromatic rings. The molecule has 1 aliphatic rings. The fourth-order valence-corrected chi connectivity index (χ4v) is 5.63. The van der Waals surface area contributed by atoms with E-state index in [0.717, 1.165) is 38.5 Å². The zero-order valence-corrected chi connectivity index (χ0v) is 27.7. The molecule has 1 saturated heterocycles. The Morgan fingerprint density at radius 2 is 1.50 bits per heavy atom. The van der Waals surface area contributed by atoms with Crippen LogP contribution < -0.4 is 4.74 Å². The van der Waals surface area contributed by atoms with Gasteiger partial charge in [0.25, 0.3) is 0 Å². The van der Waals surface area contributed by atoms with Crippen molar-refractivity contribution in [2.75, 3.05) is 33.5 Å². The van der Waals surface area contributed by atoms with Gasteiger partial charge in [-0.25, -0.2) is 0 Å². The lowest BCUT2D eigenvalue weighted by Crippen LogP contribution is -2.72. The highest BCUT2D eigenvalue weighted by Crippen LogP contribution is 2.47. The molecule has 1 N–H and O–H groups in total. The molecule has 1 fully saturated rings. The summed E-state index contributed by atoms with van der Waals surface area (Å²) in [5, 5.41) is 11.1. The summed E-state index contributed by atoms with van der Waals surface area (Å²) in [6.45, 7) is 6.38. The summed E-state index contributed by atoms with van der Waals surface area (Å²) in [7, 11) is 1.43. The Kier molecular flexibility index (Phi) is 14.8. The number of methoxy groups -OCH3 is 1. The number of aldehydes is 1. The number of aliphatic hydroxyl groups is 1. The number of carbonyl (C=O) groups is 1. The van der Waals surface area contributed by atoms with Gasteiger partial charge < -0.3 is 33.5 Å². The molecule has 0 saturated carbocycles. The standard InChI is InChI=1S/C34H46ClF3O8/c1-5-8-17-42-29-30(43-18-9-6-2)32(22-39,23-40)46-33(41-4,31(29)44-19-10-7-3)26-13-16-28(35)25(21-26)20-24-11-14-27(15-12-24)45-34(36,37)38/h11-16,21-22,29-31,40H,5-10,17-20,23H2,1-4H3/t29-,30-,31+,32+,33-/m0/s1. The van der Waals surface area contributed by atoms with Gasteiger partial charge in [0.05, 0.1) is 6.61 Å². The number of ether oxygens (including phenoxy) is 6. The van der Waals surface area contributed by atoms with Crippen LogP contribution in [0, 0.1) is 0 Å². The van der Waals surface area contributed by atoms with E-state index in [2.05, 4.69) is 4.74 Å². The average molecular weight is 675 g/mol. The fraction of sp³-hybridized carbons (Fsp3) is 0.618. The van der Waals surface area contributed by atoms with Crippen LogP contribution in [0.4, 0.5) is 13.2 Å². The van der Waals surface area contributed by atoms with Gasteiger partial charge in [-0.1, -0.05) is 69.8 Å². The molecular formula is C34H46ClF3O8. The summed E-state index contributed by atoms with van der Waals surface area (Å²) in [5.74, 6) is -2.08. The number of halogens is 4. The minimum Gasteiger partial charge on any atom is -0.406 e. The van der Waals surface area contributed by atoms with Crippen LogP contribution in [0.1, 0.15) is 76.0 Å². The average Bonchev–Trinajstić information content (AvgIpc) is 3.03. The molecular weight excluding hydrogens is 629 g/mol. The highest BCUT2D eigenvalue weighted by atomic mass is 35.5. The van der Waals surface area contributed by atoms with Crippen LogP contribution in [0.5, 0.6) is 5.75 Å². The molecule has 0 spiro atoms. The first-order valence-electron chi connectivity index (χ1n) is 15.8. The van der Waals surface area contributed by atoms with Gasteiger partial charge in [-0.2, -0.15) is 0 Å². The first kappa shape index (κ1) is 38.2. The zero-order chi connectivity index (χ0) is 33.8. The summed E-state index contributed by atoms with van der Waals surface area (Å²) in [4.78, 5) is 12.9. The minimum atomic E-state index is -4.80. The summed E-state index contributed by atoms with van der Waals surface area (Å²) >= 11 is 6.62. The normalized spacial score (nSPS) is 25.0. The third kappa shape index (κ3) is 9.43. The van der Waals surface area contributed by atoms with Crippen molar-refractivity contribution in [2.45, 2.75) is 102 Å². The number of benzene rings is 2. The Bertz CT molecular complexity index is 1210. The summed E-state index contributed by atoms with van der Waals surface area (Å²) in [6.07, 6.45) is -2.04. The topological polar surface area (TPSA) is 92.7 Å². The number of hydrogen-bond donors (Lipinski definition) is 1. The van der Waals surface area contributed by atoms with Gasteiger partial charge >= 0.3 is 6.36 Å². The Labute approximate surface area is 274 Å². The molecule has 0 aromatic heterocycles. The van der Waals surface area contributed by atoms with Crippen molar-refractivity contribution in [2.24, 2.45) is 0 Å². The number of hydrogen-bond acceptors (Lipinski definition) is 8. The molecule has 8 nitrogen and oxygen atoms in total. The third-order valence-corrected chi connectivity index (χ3v) is 8.31. The second kappa shape index (κ2) is 17.8. The van der Waals surface area contributed by atoms with Crippen molar-refractivity contribution >= 4 is 17.9 Å². The van der Waals surface area contributed by atoms with E-state index in [1.54, 1.807) is 18.2 Å². The molecule has 46 heavy (non-hydrogen) atoms. The molecule has 0 aliphatic carbocycles. The number of alkyl halides is 3. The zero-order valence-electron chi connectivity index (χ0n) is 26.9. The smallest absolute Gasteiger partial charge is 0.406 e. The van der Waals surface area contributed by atoms with Crippen molar-refractivity contribution < 1.29 is 51.5 Å². The van der Waals surface area contributed by atoms with Crippen LogP contribution >= 0.6 is 11.6 Å². The largest absolute Gasteiger partial charge is 0.573 e. The summed E-state index contributed by atoms with van der Waals surface area (Å²) < 4.78 is 73.9. The minimum absolute atomic E-state index is 0.248. The van der Waals surface area contributed by atoms with Crippen molar-refractivity contribution in [3.8, 4) is 5.75 Å². The maximum atomic E-state index is 12.9. The lowest BCUT2D eigenvalue weighted by atomic mass is 9.80. The number of carbonyl (C=O) groups excluding carboxylic acids is 1. The molecule has 3 rings (SSSR count). The number of aliphatic hydroxyl groups excluding tert-OH is 1.